The van der Waals surface area contributed by atoms with E-state index in [2.05, 4.69) is 26.1 Å². The number of aromatic hydroxyl groups is 2. The molecule has 0 unspecified atom stereocenters. The highest BCUT2D eigenvalue weighted by Gasteiger charge is 2.42. The van der Waals surface area contributed by atoms with Crippen LogP contribution in [-0.2, 0) is 0 Å². The van der Waals surface area contributed by atoms with Crippen LogP contribution in [0.25, 0.3) is 11.3 Å². The summed E-state index contributed by atoms with van der Waals surface area (Å²) < 4.78 is 5.74. The van der Waals surface area contributed by atoms with Crippen molar-refractivity contribution in [2.24, 2.45) is 0 Å². The second kappa shape index (κ2) is 8.48. The number of aliphatic hydroxyl groups is 1. The van der Waals surface area contributed by atoms with Crippen LogP contribution in [0.3, 0.4) is 0 Å². The number of aromatic nitrogens is 2. The molecule has 4 N–H and O–H groups in total. The normalized spacial score (nSPS) is 15.3. The first-order chi connectivity index (χ1) is 15.3. The van der Waals surface area contributed by atoms with E-state index in [1.54, 1.807) is 17.0 Å². The molecule has 1 amide bonds. The number of ether oxygens (including phenoxy) is 1. The number of rotatable bonds is 6. The standard InChI is InChI=1S/C23H24BrN3O5/c1-11-7-12(2)21(29)14(8-11)18-17-19(26-25-18)23(31)27(5-4-6-28)20(17)13-9-15(24)22(30)16(10-13)32-3/h7-10,20,28-30H,4-6H2,1-3H3,(H,25,26)/t20-/m0/s1. The number of carbonyl (C=O) groups is 1. The van der Waals surface area contributed by atoms with Crippen LogP contribution in [0.2, 0.25) is 0 Å². The van der Waals surface area contributed by atoms with E-state index in [0.717, 1.165) is 5.56 Å². The van der Waals surface area contributed by atoms with Gasteiger partial charge in [-0.2, -0.15) is 5.10 Å². The van der Waals surface area contributed by atoms with Crippen molar-refractivity contribution in [2.75, 3.05) is 20.3 Å². The average molecular weight is 502 g/mol. The predicted molar refractivity (Wildman–Crippen MR) is 122 cm³/mol. The van der Waals surface area contributed by atoms with Gasteiger partial charge in [-0.15, -0.1) is 0 Å². The van der Waals surface area contributed by atoms with Crippen LogP contribution < -0.4 is 4.74 Å². The molecule has 0 bridgehead atoms. The van der Waals surface area contributed by atoms with Crippen LogP contribution in [0.1, 0.15) is 45.2 Å². The Hall–Kier alpha value is -3.04. The zero-order valence-electron chi connectivity index (χ0n) is 17.9. The number of fused-ring (bicyclic) bond motifs is 1. The van der Waals surface area contributed by atoms with Crippen molar-refractivity contribution < 1.29 is 24.9 Å². The Morgan fingerprint density at radius 2 is 1.94 bits per heavy atom. The van der Waals surface area contributed by atoms with Crippen LogP contribution in [0, 0.1) is 13.8 Å². The molecule has 1 aliphatic heterocycles. The molecule has 0 radical (unpaired) electrons. The van der Waals surface area contributed by atoms with E-state index in [1.807, 2.05) is 26.0 Å². The first-order valence-electron chi connectivity index (χ1n) is 10.2. The van der Waals surface area contributed by atoms with Gasteiger partial charge >= 0.3 is 0 Å². The zero-order chi connectivity index (χ0) is 23.2. The van der Waals surface area contributed by atoms with Crippen molar-refractivity contribution in [1.29, 1.82) is 0 Å². The van der Waals surface area contributed by atoms with Gasteiger partial charge in [-0.1, -0.05) is 6.07 Å². The third-order valence-corrected chi connectivity index (χ3v) is 6.31. The van der Waals surface area contributed by atoms with Gasteiger partial charge in [0.2, 0.25) is 0 Å². The third-order valence-electron chi connectivity index (χ3n) is 5.71. The molecule has 1 aliphatic rings. The molecule has 8 nitrogen and oxygen atoms in total. The monoisotopic (exact) mass is 501 g/mol. The number of phenols is 2. The lowest BCUT2D eigenvalue weighted by Crippen LogP contribution is -2.31. The lowest BCUT2D eigenvalue weighted by Gasteiger charge is -2.27. The Morgan fingerprint density at radius 3 is 2.62 bits per heavy atom. The SMILES string of the molecule is COc1cc([C@H]2c3c(-c4cc(C)cc(C)c4O)n[nH]c3C(=O)N2CCCO)cc(Br)c1O. The van der Waals surface area contributed by atoms with Crippen molar-refractivity contribution in [3.8, 4) is 28.5 Å². The minimum Gasteiger partial charge on any atom is -0.507 e. The Balaban J connectivity index is 1.96. The summed E-state index contributed by atoms with van der Waals surface area (Å²) in [6.45, 7) is 4.01. The highest BCUT2D eigenvalue weighted by molar-refractivity contribution is 9.10. The maximum absolute atomic E-state index is 13.3. The number of benzene rings is 2. The van der Waals surface area contributed by atoms with E-state index < -0.39 is 6.04 Å². The predicted octanol–water partition coefficient (Wildman–Crippen LogP) is 3.80. The van der Waals surface area contributed by atoms with Crippen molar-refractivity contribution in [2.45, 2.75) is 26.3 Å². The molecule has 1 aromatic heterocycles. The minimum atomic E-state index is -0.552. The number of carbonyl (C=O) groups excluding carboxylic acids is 1. The topological polar surface area (TPSA) is 119 Å². The molecule has 3 aromatic rings. The van der Waals surface area contributed by atoms with E-state index in [-0.39, 0.29) is 29.8 Å². The van der Waals surface area contributed by atoms with Crippen molar-refractivity contribution >= 4 is 21.8 Å². The largest absolute Gasteiger partial charge is 0.507 e. The summed E-state index contributed by atoms with van der Waals surface area (Å²) in [7, 11) is 1.46. The number of aliphatic hydroxyl groups excluding tert-OH is 1. The summed E-state index contributed by atoms with van der Waals surface area (Å²) >= 11 is 3.36. The van der Waals surface area contributed by atoms with Crippen LogP contribution in [0.15, 0.2) is 28.7 Å². The van der Waals surface area contributed by atoms with E-state index in [1.165, 1.54) is 7.11 Å². The fourth-order valence-corrected chi connectivity index (χ4v) is 4.73. The Morgan fingerprint density at radius 1 is 1.19 bits per heavy atom. The number of phenolic OH excluding ortho intramolecular Hbond substituents is 2. The number of H-pyrrole nitrogens is 1. The molecule has 168 valence electrons. The van der Waals surface area contributed by atoms with E-state index in [4.69, 9.17) is 4.74 Å². The van der Waals surface area contributed by atoms with E-state index in [0.29, 0.717) is 51.1 Å². The van der Waals surface area contributed by atoms with Crippen LogP contribution in [-0.4, -0.2) is 56.6 Å². The molecule has 0 spiro atoms. The fraction of sp³-hybridized carbons (Fsp3) is 0.304. The molecule has 2 heterocycles. The van der Waals surface area contributed by atoms with Crippen LogP contribution >= 0.6 is 15.9 Å². The van der Waals surface area contributed by atoms with Crippen molar-refractivity contribution in [1.82, 2.24) is 15.1 Å². The van der Waals surface area contributed by atoms with Gasteiger partial charge in [-0.3, -0.25) is 9.89 Å². The van der Waals surface area contributed by atoms with Gasteiger partial charge < -0.3 is 25.0 Å². The molecule has 9 heteroatoms. The Bertz CT molecular complexity index is 1210. The molecular weight excluding hydrogens is 478 g/mol. The minimum absolute atomic E-state index is 0.0397. The van der Waals surface area contributed by atoms with E-state index >= 15 is 0 Å². The second-order valence-corrected chi connectivity index (χ2v) is 8.73. The van der Waals surface area contributed by atoms with Gasteiger partial charge in [-0.25, -0.2) is 0 Å². The average Bonchev–Trinajstić information content (AvgIpc) is 3.30. The number of nitrogens with one attached hydrogen (secondary N) is 1. The van der Waals surface area contributed by atoms with Crippen molar-refractivity contribution in [3.05, 3.63) is 56.7 Å². The number of aryl methyl sites for hydroxylation is 2. The smallest absolute Gasteiger partial charge is 0.273 e. The number of nitrogens with zero attached hydrogens (tertiary/aromatic N) is 2. The summed E-state index contributed by atoms with van der Waals surface area (Å²) in [6.07, 6.45) is 0.403. The Labute approximate surface area is 193 Å². The van der Waals surface area contributed by atoms with Crippen LogP contribution in [0.4, 0.5) is 0 Å². The van der Waals surface area contributed by atoms with Crippen LogP contribution in [0.5, 0.6) is 17.2 Å². The molecule has 1 atom stereocenters. The summed E-state index contributed by atoms with van der Waals surface area (Å²) in [5.41, 5.74) is 4.35. The molecule has 32 heavy (non-hydrogen) atoms. The number of hydrogen-bond acceptors (Lipinski definition) is 6. The van der Waals surface area contributed by atoms with Crippen molar-refractivity contribution in [3.63, 3.8) is 0 Å². The summed E-state index contributed by atoms with van der Waals surface area (Å²) in [6, 6.07) is 6.57. The molecule has 0 saturated heterocycles. The maximum atomic E-state index is 13.3. The quantitative estimate of drug-likeness (QED) is 0.407. The van der Waals surface area contributed by atoms with Gasteiger partial charge in [-0.05, 0) is 71.1 Å². The summed E-state index contributed by atoms with van der Waals surface area (Å²) in [5.74, 6) is 0.0809. The first kappa shape index (κ1) is 22.2. The lowest BCUT2D eigenvalue weighted by molar-refractivity contribution is 0.0732. The lowest BCUT2D eigenvalue weighted by atomic mass is 9.94. The molecule has 2 aromatic carbocycles. The second-order valence-electron chi connectivity index (χ2n) is 7.87. The molecule has 0 aliphatic carbocycles. The van der Waals surface area contributed by atoms with Gasteiger partial charge in [0.15, 0.2) is 11.5 Å². The number of amides is 1. The van der Waals surface area contributed by atoms with Gasteiger partial charge in [0.1, 0.15) is 17.1 Å². The highest BCUT2D eigenvalue weighted by Crippen LogP contribution is 2.47. The number of hydrogen-bond donors (Lipinski definition) is 4. The number of halogens is 1. The maximum Gasteiger partial charge on any atom is 0.273 e. The molecule has 0 saturated carbocycles. The fourth-order valence-electron chi connectivity index (χ4n) is 4.27. The third kappa shape index (κ3) is 3.51. The van der Waals surface area contributed by atoms with Gasteiger partial charge in [0, 0.05) is 24.3 Å². The highest BCUT2D eigenvalue weighted by atomic mass is 79.9. The molecule has 4 rings (SSSR count). The molecular formula is C23H24BrN3O5. The first-order valence-corrected chi connectivity index (χ1v) is 10.9. The number of aromatic amines is 1. The zero-order valence-corrected chi connectivity index (χ0v) is 19.5. The molecule has 0 fully saturated rings. The summed E-state index contributed by atoms with van der Waals surface area (Å²) in [5, 5.41) is 37.7. The summed E-state index contributed by atoms with van der Waals surface area (Å²) in [4.78, 5) is 14.9. The number of methoxy groups -OCH3 is 1. The van der Waals surface area contributed by atoms with Gasteiger partial charge in [0.25, 0.3) is 5.91 Å². The van der Waals surface area contributed by atoms with Gasteiger partial charge in [0.05, 0.1) is 17.6 Å². The van der Waals surface area contributed by atoms with E-state index in [9.17, 15) is 20.1 Å². The Kier molecular flexibility index (Phi) is 5.87.